The molecule has 5 rings (SSSR count). The Bertz CT molecular complexity index is 1670. The van der Waals surface area contributed by atoms with Gasteiger partial charge in [0.25, 0.3) is 5.91 Å². The monoisotopic (exact) mass is 589 g/mol. The van der Waals surface area contributed by atoms with E-state index < -0.39 is 22.2 Å². The van der Waals surface area contributed by atoms with Crippen LogP contribution in [-0.4, -0.2) is 72.1 Å². The van der Waals surface area contributed by atoms with E-state index in [0.29, 0.717) is 11.3 Å². The van der Waals surface area contributed by atoms with Crippen molar-refractivity contribution in [3.8, 4) is 11.1 Å². The molecule has 4 aromatic rings. The van der Waals surface area contributed by atoms with Gasteiger partial charge in [-0.3, -0.25) is 4.79 Å². The molecule has 3 atom stereocenters. The van der Waals surface area contributed by atoms with Crippen molar-refractivity contribution in [1.82, 2.24) is 13.8 Å². The predicted molar refractivity (Wildman–Crippen MR) is 165 cm³/mol. The fraction of sp³-hybridized carbons (Fsp3) is 0.364. The first kappa shape index (κ1) is 30.0. The topological polar surface area (TPSA) is 92.1 Å². The Morgan fingerprint density at radius 2 is 1.69 bits per heavy atom. The lowest BCUT2D eigenvalue weighted by Gasteiger charge is -2.35. The smallest absolute Gasteiger partial charge is 0.271 e. The molecule has 0 aliphatic carbocycles. The molecule has 0 radical (unpaired) electrons. The Morgan fingerprint density at radius 1 is 1.02 bits per heavy atom. The van der Waals surface area contributed by atoms with E-state index in [1.807, 2.05) is 92.2 Å². The maximum atomic E-state index is 14.5. The lowest BCUT2D eigenvalue weighted by Crippen LogP contribution is -2.48. The Labute approximate surface area is 248 Å². The molecule has 222 valence electrons. The van der Waals surface area contributed by atoms with Crippen LogP contribution in [0.2, 0.25) is 0 Å². The van der Waals surface area contributed by atoms with E-state index in [2.05, 4.69) is 0 Å². The van der Waals surface area contributed by atoms with Crippen LogP contribution in [0.1, 0.15) is 35.5 Å². The summed E-state index contributed by atoms with van der Waals surface area (Å²) in [4.78, 5) is 16.2. The number of hydrogen-bond acceptors (Lipinski definition) is 5. The van der Waals surface area contributed by atoms with Crippen molar-refractivity contribution in [1.29, 1.82) is 0 Å². The molecular weight excluding hydrogens is 550 g/mol. The minimum Gasteiger partial charge on any atom is -0.394 e. The van der Waals surface area contributed by atoms with Gasteiger partial charge < -0.3 is 19.3 Å². The molecule has 1 N–H and O–H groups in total. The first-order chi connectivity index (χ1) is 20.1. The minimum atomic E-state index is -3.62. The number of benzene rings is 3. The summed E-state index contributed by atoms with van der Waals surface area (Å²) in [5.74, 6) is -0.527. The molecule has 1 aliphatic rings. The van der Waals surface area contributed by atoms with Gasteiger partial charge in [-0.15, -0.1) is 0 Å². The zero-order valence-electron chi connectivity index (χ0n) is 24.6. The number of aliphatic hydroxyl groups excluding tert-OH is 1. The van der Waals surface area contributed by atoms with Gasteiger partial charge in [0, 0.05) is 49.6 Å². The molecule has 1 aliphatic heterocycles. The van der Waals surface area contributed by atoms with Crippen LogP contribution in [0.15, 0.2) is 78.9 Å². The molecule has 42 heavy (non-hydrogen) atoms. The second kappa shape index (κ2) is 12.4. The molecule has 1 amide bonds. The summed E-state index contributed by atoms with van der Waals surface area (Å²) in [6.45, 7) is 4.26. The third-order valence-electron chi connectivity index (χ3n) is 8.33. The van der Waals surface area contributed by atoms with Gasteiger partial charge in [0.2, 0.25) is 10.0 Å². The lowest BCUT2D eigenvalue weighted by molar-refractivity contribution is -0.0147. The number of likely N-dealkylation sites (N-methyl/N-ethyl adjacent to an activating group) is 1. The molecule has 0 saturated carbocycles. The maximum Gasteiger partial charge on any atom is 0.271 e. The van der Waals surface area contributed by atoms with E-state index in [1.54, 1.807) is 24.1 Å². The van der Waals surface area contributed by atoms with Crippen LogP contribution in [0.3, 0.4) is 0 Å². The molecular formula is C33H39N3O5S. The Balaban J connectivity index is 1.57. The highest BCUT2D eigenvalue weighted by atomic mass is 32.2. The molecule has 0 unspecified atom stereocenters. The Morgan fingerprint density at radius 3 is 2.43 bits per heavy atom. The SMILES string of the molecule is C[C@H](CO)N1C[C@H](C)[C@@H](CN(C)S(=O)(=O)Cc2ccccc2)OCc2ccccc2-c2c(n(C)c3ccccc23)C1=O. The summed E-state index contributed by atoms with van der Waals surface area (Å²) in [5, 5.41) is 11.1. The molecule has 0 spiro atoms. The number of nitrogens with zero attached hydrogens (tertiary/aromatic N) is 3. The van der Waals surface area contributed by atoms with Gasteiger partial charge in [-0.25, -0.2) is 12.7 Å². The van der Waals surface area contributed by atoms with E-state index in [-0.39, 0.29) is 43.9 Å². The van der Waals surface area contributed by atoms with Crippen molar-refractivity contribution >= 4 is 26.8 Å². The number of amides is 1. The fourth-order valence-corrected chi connectivity index (χ4v) is 7.00. The van der Waals surface area contributed by atoms with Gasteiger partial charge in [-0.05, 0) is 29.7 Å². The van der Waals surface area contributed by atoms with E-state index in [0.717, 1.165) is 27.6 Å². The summed E-state index contributed by atoms with van der Waals surface area (Å²) in [6.07, 6.45) is -0.507. The average Bonchev–Trinajstić information content (AvgIpc) is 3.28. The Kier molecular flexibility index (Phi) is 8.84. The highest BCUT2D eigenvalue weighted by molar-refractivity contribution is 7.88. The molecule has 1 aromatic heterocycles. The Hall–Kier alpha value is -3.50. The van der Waals surface area contributed by atoms with Crippen molar-refractivity contribution in [2.75, 3.05) is 26.7 Å². The first-order valence-electron chi connectivity index (χ1n) is 14.3. The van der Waals surface area contributed by atoms with Crippen molar-refractivity contribution in [2.45, 2.75) is 38.4 Å². The zero-order chi connectivity index (χ0) is 30.0. The molecule has 0 saturated heterocycles. The average molecular weight is 590 g/mol. The minimum absolute atomic E-state index is 0.108. The van der Waals surface area contributed by atoms with E-state index >= 15 is 0 Å². The van der Waals surface area contributed by atoms with Crippen LogP contribution >= 0.6 is 0 Å². The van der Waals surface area contributed by atoms with E-state index in [4.69, 9.17) is 4.74 Å². The van der Waals surface area contributed by atoms with Crippen LogP contribution in [-0.2, 0) is 34.2 Å². The highest BCUT2D eigenvalue weighted by Crippen LogP contribution is 2.38. The van der Waals surface area contributed by atoms with Gasteiger partial charge in [-0.2, -0.15) is 0 Å². The summed E-state index contributed by atoms with van der Waals surface area (Å²) >= 11 is 0. The number of aliphatic hydroxyl groups is 1. The largest absolute Gasteiger partial charge is 0.394 e. The highest BCUT2D eigenvalue weighted by Gasteiger charge is 2.34. The summed E-state index contributed by atoms with van der Waals surface area (Å²) in [7, 11) is -0.142. The number of aromatic nitrogens is 1. The number of sulfonamides is 1. The molecule has 2 heterocycles. The van der Waals surface area contributed by atoms with Crippen LogP contribution in [0.25, 0.3) is 22.0 Å². The number of hydrogen-bond donors (Lipinski definition) is 1. The van der Waals surface area contributed by atoms with Crippen molar-refractivity contribution in [3.05, 3.63) is 95.7 Å². The summed E-state index contributed by atoms with van der Waals surface area (Å²) in [6, 6.07) is 24.5. The van der Waals surface area contributed by atoms with Crippen molar-refractivity contribution in [3.63, 3.8) is 0 Å². The summed E-state index contributed by atoms with van der Waals surface area (Å²) in [5.41, 5.74) is 4.86. The van der Waals surface area contributed by atoms with Gasteiger partial charge in [0.05, 0.1) is 31.1 Å². The number of carbonyl (C=O) groups is 1. The van der Waals surface area contributed by atoms with Crippen LogP contribution < -0.4 is 0 Å². The second-order valence-electron chi connectivity index (χ2n) is 11.3. The first-order valence-corrected chi connectivity index (χ1v) is 15.9. The molecule has 0 bridgehead atoms. The van der Waals surface area contributed by atoms with Crippen molar-refractivity contribution < 1.29 is 23.1 Å². The summed E-state index contributed by atoms with van der Waals surface area (Å²) < 4.78 is 36.5. The van der Waals surface area contributed by atoms with Crippen LogP contribution in [0, 0.1) is 5.92 Å². The number of fused-ring (bicyclic) bond motifs is 5. The molecule has 8 nitrogen and oxygen atoms in total. The van der Waals surface area contributed by atoms with Gasteiger partial charge in [0.15, 0.2) is 0 Å². The lowest BCUT2D eigenvalue weighted by atomic mass is 9.96. The number of carbonyl (C=O) groups excluding carboxylic acids is 1. The number of aryl methyl sites for hydroxylation is 1. The number of para-hydroxylation sites is 1. The van der Waals surface area contributed by atoms with E-state index in [9.17, 15) is 18.3 Å². The third-order valence-corrected chi connectivity index (χ3v) is 10.1. The van der Waals surface area contributed by atoms with Crippen LogP contribution in [0.4, 0.5) is 0 Å². The van der Waals surface area contributed by atoms with Gasteiger partial charge in [0.1, 0.15) is 5.69 Å². The van der Waals surface area contributed by atoms with Crippen LogP contribution in [0.5, 0.6) is 0 Å². The molecule has 3 aromatic carbocycles. The number of rotatable bonds is 7. The third kappa shape index (κ3) is 5.87. The fourth-order valence-electron chi connectivity index (χ4n) is 5.79. The quantitative estimate of drug-likeness (QED) is 0.339. The van der Waals surface area contributed by atoms with Gasteiger partial charge in [-0.1, -0.05) is 79.7 Å². The maximum absolute atomic E-state index is 14.5. The van der Waals surface area contributed by atoms with Crippen molar-refractivity contribution in [2.24, 2.45) is 13.0 Å². The zero-order valence-corrected chi connectivity index (χ0v) is 25.4. The second-order valence-corrected chi connectivity index (χ2v) is 13.4. The molecule has 9 heteroatoms. The molecule has 0 fully saturated rings. The standard InChI is InChI=1S/C33H39N3O5S/c1-23-18-36(24(2)20-37)33(38)32-31(28-16-10-11-17-29(28)35(32)4)27-15-9-8-14-26(27)21-41-30(23)19-34(3)42(39,40)22-25-12-6-5-7-13-25/h5-17,23-24,30,37H,18-22H2,1-4H3/t23-,24+,30+/m0/s1. The number of ether oxygens (including phenoxy) is 1. The normalized spacial score (nSPS) is 18.9. The predicted octanol–water partition coefficient (Wildman–Crippen LogP) is 4.67. The van der Waals surface area contributed by atoms with E-state index in [1.165, 1.54) is 4.31 Å². The van der Waals surface area contributed by atoms with Gasteiger partial charge >= 0.3 is 0 Å².